The van der Waals surface area contributed by atoms with Crippen LogP contribution in [-0.4, -0.2) is 51.8 Å². The lowest BCUT2D eigenvalue weighted by atomic mass is 9.60. The Morgan fingerprint density at radius 2 is 2.02 bits per heavy atom. The molecule has 2 aliphatic carbocycles. The maximum Gasteiger partial charge on any atom is 0.138 e. The summed E-state index contributed by atoms with van der Waals surface area (Å²) in [4.78, 5) is 15.6. The van der Waals surface area contributed by atoms with Crippen LogP contribution in [0.3, 0.4) is 0 Å². The van der Waals surface area contributed by atoms with Crippen LogP contribution in [0.1, 0.15) is 118 Å². The van der Waals surface area contributed by atoms with Gasteiger partial charge in [-0.3, -0.25) is 4.90 Å². The molecule has 0 radical (unpaired) electrons. The lowest BCUT2D eigenvalue weighted by Gasteiger charge is -2.62. The molecule has 2 N–H and O–H groups in total. The number of fused-ring (bicyclic) bond motifs is 4. The third-order valence-corrected chi connectivity index (χ3v) is 12.5. The topological polar surface area (TPSA) is 91.3 Å². The molecule has 6 aliphatic rings. The first-order chi connectivity index (χ1) is 20.8. The number of anilines is 2. The molecule has 43 heavy (non-hydrogen) atoms. The molecule has 4 unspecified atom stereocenters. The minimum Gasteiger partial charge on any atom is -0.398 e. The van der Waals surface area contributed by atoms with E-state index in [1.54, 1.807) is 0 Å². The Labute approximate surface area is 255 Å². The van der Waals surface area contributed by atoms with E-state index in [1.807, 2.05) is 6.07 Å². The zero-order valence-corrected chi connectivity index (χ0v) is 25.8. The molecular weight excluding hydrogens is 539 g/mol. The Morgan fingerprint density at radius 3 is 2.79 bits per heavy atom. The van der Waals surface area contributed by atoms with Crippen molar-refractivity contribution in [2.75, 3.05) is 30.3 Å². The van der Waals surface area contributed by atoms with Crippen LogP contribution in [0.15, 0.2) is 12.1 Å². The summed E-state index contributed by atoms with van der Waals surface area (Å²) in [6.07, 6.45) is 11.2. The molecule has 228 valence electrons. The van der Waals surface area contributed by atoms with Crippen LogP contribution >= 0.6 is 0 Å². The second-order valence-corrected chi connectivity index (χ2v) is 14.8. The number of ether oxygens (including phenoxy) is 1. The number of aromatic nitrogens is 2. The van der Waals surface area contributed by atoms with Gasteiger partial charge in [0.2, 0.25) is 0 Å². The van der Waals surface area contributed by atoms with Gasteiger partial charge in [-0.25, -0.2) is 14.4 Å². The van der Waals surface area contributed by atoms with Gasteiger partial charge in [0.25, 0.3) is 0 Å². The number of nitriles is 1. The van der Waals surface area contributed by atoms with Crippen LogP contribution in [0.2, 0.25) is 0 Å². The molecule has 0 bridgehead atoms. The number of hydrogen-bond donors (Lipinski definition) is 1. The summed E-state index contributed by atoms with van der Waals surface area (Å²) >= 11 is 0. The van der Waals surface area contributed by atoms with E-state index in [-0.39, 0.29) is 11.1 Å². The zero-order chi connectivity index (χ0) is 29.6. The first-order valence-corrected chi connectivity index (χ1v) is 16.8. The van der Waals surface area contributed by atoms with Gasteiger partial charge in [0.1, 0.15) is 29.5 Å². The molecule has 2 aromatic rings. The Bertz CT molecular complexity index is 1500. The van der Waals surface area contributed by atoms with E-state index >= 15 is 0 Å². The highest BCUT2D eigenvalue weighted by atomic mass is 19.1. The number of rotatable bonds is 5. The lowest BCUT2D eigenvalue weighted by molar-refractivity contribution is -0.0874. The Balaban J connectivity index is 1.18. The van der Waals surface area contributed by atoms with Crippen LogP contribution in [-0.2, 0) is 29.8 Å². The number of alkyl halides is 1. The monoisotopic (exact) mass is 584 g/mol. The molecular formula is C35H45FN6O. The van der Waals surface area contributed by atoms with E-state index in [2.05, 4.69) is 35.8 Å². The largest absolute Gasteiger partial charge is 0.398 e. The summed E-state index contributed by atoms with van der Waals surface area (Å²) in [5, 5.41) is 10.2. The van der Waals surface area contributed by atoms with Gasteiger partial charge >= 0.3 is 0 Å². The van der Waals surface area contributed by atoms with E-state index in [4.69, 9.17) is 20.4 Å². The highest BCUT2D eigenvalue weighted by Crippen LogP contribution is 2.56. The number of nitrogen functional groups attached to an aromatic ring is 1. The minimum atomic E-state index is -0.723. The van der Waals surface area contributed by atoms with Crippen LogP contribution < -0.4 is 10.6 Å². The van der Waals surface area contributed by atoms with Gasteiger partial charge in [-0.1, -0.05) is 26.3 Å². The summed E-state index contributed by atoms with van der Waals surface area (Å²) in [6.45, 7) is 7.60. The SMILES string of the molecule is CCC1CC2(CCN2c2nc(CCC34CCCN3CC(F)C4)nc3c2COC2(CCC(C)c4ccc(N)c(C#N)c42)C3)C1. The van der Waals surface area contributed by atoms with Crippen LogP contribution in [0.5, 0.6) is 0 Å². The average molecular weight is 585 g/mol. The Morgan fingerprint density at radius 1 is 1.16 bits per heavy atom. The van der Waals surface area contributed by atoms with Crippen molar-refractivity contribution >= 4 is 11.5 Å². The van der Waals surface area contributed by atoms with Gasteiger partial charge in [0.15, 0.2) is 0 Å². The second-order valence-electron chi connectivity index (χ2n) is 14.8. The number of aryl methyl sites for hydroxylation is 1. The molecule has 1 saturated carbocycles. The van der Waals surface area contributed by atoms with Crippen LogP contribution in [0.25, 0.3) is 0 Å². The van der Waals surface area contributed by atoms with Crippen molar-refractivity contribution in [1.29, 1.82) is 5.26 Å². The fourth-order valence-electron chi connectivity index (χ4n) is 9.99. The van der Waals surface area contributed by atoms with Gasteiger partial charge in [-0.05, 0) is 87.8 Å². The predicted molar refractivity (Wildman–Crippen MR) is 165 cm³/mol. The van der Waals surface area contributed by atoms with Crippen molar-refractivity contribution in [3.8, 4) is 6.07 Å². The number of halogens is 1. The van der Waals surface area contributed by atoms with Crippen LogP contribution in [0.4, 0.5) is 15.9 Å². The number of nitrogens with zero attached hydrogens (tertiary/aromatic N) is 5. The Kier molecular flexibility index (Phi) is 6.37. The first-order valence-electron chi connectivity index (χ1n) is 16.8. The quantitative estimate of drug-likeness (QED) is 0.426. The van der Waals surface area contributed by atoms with E-state index in [0.717, 1.165) is 86.0 Å². The highest BCUT2D eigenvalue weighted by molar-refractivity contribution is 5.64. The number of hydrogen-bond acceptors (Lipinski definition) is 7. The molecule has 0 amide bonds. The van der Waals surface area contributed by atoms with Gasteiger partial charge in [-0.2, -0.15) is 5.26 Å². The van der Waals surface area contributed by atoms with E-state index < -0.39 is 11.8 Å². The summed E-state index contributed by atoms with van der Waals surface area (Å²) in [6, 6.07) is 6.41. The van der Waals surface area contributed by atoms with Crippen molar-refractivity contribution < 1.29 is 9.13 Å². The maximum absolute atomic E-state index is 14.6. The molecule has 5 heterocycles. The van der Waals surface area contributed by atoms with Crippen molar-refractivity contribution in [1.82, 2.24) is 14.9 Å². The molecule has 3 saturated heterocycles. The third kappa shape index (κ3) is 4.10. The summed E-state index contributed by atoms with van der Waals surface area (Å²) in [5.74, 6) is 3.11. The fourth-order valence-corrected chi connectivity index (χ4v) is 9.99. The summed E-state index contributed by atoms with van der Waals surface area (Å²) in [7, 11) is 0. The van der Waals surface area contributed by atoms with Crippen molar-refractivity contribution in [3.63, 3.8) is 0 Å². The maximum atomic E-state index is 14.6. The lowest BCUT2D eigenvalue weighted by Crippen LogP contribution is -2.67. The molecule has 4 fully saturated rings. The molecule has 4 aliphatic heterocycles. The Hall–Kier alpha value is -2.76. The zero-order valence-electron chi connectivity index (χ0n) is 25.8. The fraction of sp³-hybridized carbons (Fsp3) is 0.686. The van der Waals surface area contributed by atoms with Gasteiger partial charge in [-0.15, -0.1) is 0 Å². The van der Waals surface area contributed by atoms with E-state index in [0.29, 0.717) is 43.2 Å². The van der Waals surface area contributed by atoms with Crippen molar-refractivity contribution in [2.24, 2.45) is 5.92 Å². The van der Waals surface area contributed by atoms with Gasteiger partial charge in [0.05, 0.1) is 17.9 Å². The summed E-state index contributed by atoms with van der Waals surface area (Å²) < 4.78 is 21.5. The van der Waals surface area contributed by atoms with Gasteiger partial charge in [0, 0.05) is 53.8 Å². The van der Waals surface area contributed by atoms with Crippen LogP contribution in [0, 0.1) is 17.2 Å². The second kappa shape index (κ2) is 9.87. The normalized spacial score (nSPS) is 36.1. The van der Waals surface area contributed by atoms with Crippen molar-refractivity contribution in [3.05, 3.63) is 45.9 Å². The molecule has 8 rings (SSSR count). The van der Waals surface area contributed by atoms with E-state index in [1.165, 1.54) is 31.2 Å². The molecule has 1 aromatic heterocycles. The smallest absolute Gasteiger partial charge is 0.138 e. The standard InChI is InChI=1S/C35H45FN6O/c1-3-23-15-34(16-23)12-14-42(34)32-27-21-43-35(11-7-22(2)25-5-6-28(38)26(19-37)31(25)35)18-29(27)39-30(40-32)8-10-33-9-4-13-41(33)20-24(36)17-33/h5-6,22-24H,3-4,7-18,20-21,38H2,1-2H3. The average Bonchev–Trinajstić information content (AvgIpc) is 3.48. The highest BCUT2D eigenvalue weighted by Gasteiger charge is 2.55. The molecule has 8 heteroatoms. The number of benzene rings is 1. The minimum absolute atomic E-state index is 0.0405. The van der Waals surface area contributed by atoms with E-state index in [9.17, 15) is 9.65 Å². The molecule has 7 nitrogen and oxygen atoms in total. The third-order valence-electron chi connectivity index (χ3n) is 12.5. The van der Waals surface area contributed by atoms with Gasteiger partial charge < -0.3 is 15.4 Å². The van der Waals surface area contributed by atoms with Crippen molar-refractivity contribution in [2.45, 2.75) is 126 Å². The molecule has 4 atom stereocenters. The predicted octanol–water partition coefficient (Wildman–Crippen LogP) is 6.07. The summed E-state index contributed by atoms with van der Waals surface area (Å²) in [5.41, 5.74) is 11.4. The molecule has 1 aromatic carbocycles. The molecule has 2 spiro atoms. The first kappa shape index (κ1) is 27.8. The number of nitrogens with two attached hydrogens (primary N) is 1.